The van der Waals surface area contributed by atoms with E-state index in [0.29, 0.717) is 12.2 Å². The lowest BCUT2D eigenvalue weighted by atomic mass is 10.3. The molecule has 100 valence electrons. The van der Waals surface area contributed by atoms with E-state index in [2.05, 4.69) is 10.1 Å². The third kappa shape index (κ3) is 3.77. The quantitative estimate of drug-likeness (QED) is 0.851. The fourth-order valence-electron chi connectivity index (χ4n) is 1.41. The van der Waals surface area contributed by atoms with Crippen molar-refractivity contribution in [2.75, 3.05) is 6.61 Å². The second kappa shape index (κ2) is 5.94. The molecule has 1 heterocycles. The average molecular weight is 266 g/mol. The zero-order valence-corrected chi connectivity index (χ0v) is 9.88. The number of aromatic nitrogens is 2. The molecule has 0 aliphatic heterocycles. The summed E-state index contributed by atoms with van der Waals surface area (Å²) < 4.78 is 23.2. The standard InChI is InChI=1S/C12H11FN2O4/c13-8-3-1-2-4-9(8)18-6-5-10-14-11(19-15-10)7-12(16)17/h1-4H,5-7H2,(H,16,17). The molecule has 0 saturated carbocycles. The molecule has 7 heteroatoms. The average Bonchev–Trinajstić information content (AvgIpc) is 2.78. The van der Waals surface area contributed by atoms with E-state index in [1.54, 1.807) is 12.1 Å². The summed E-state index contributed by atoms with van der Waals surface area (Å²) in [4.78, 5) is 14.3. The Morgan fingerprint density at radius 3 is 2.95 bits per heavy atom. The molecule has 0 aliphatic rings. The molecule has 0 radical (unpaired) electrons. The Morgan fingerprint density at radius 2 is 2.21 bits per heavy atom. The largest absolute Gasteiger partial charge is 0.490 e. The van der Waals surface area contributed by atoms with Gasteiger partial charge in [-0.05, 0) is 12.1 Å². The maximum atomic E-state index is 13.2. The third-order valence-corrected chi connectivity index (χ3v) is 2.23. The molecule has 0 unspecified atom stereocenters. The van der Waals surface area contributed by atoms with E-state index in [1.807, 2.05) is 0 Å². The molecule has 2 aromatic rings. The van der Waals surface area contributed by atoms with Crippen molar-refractivity contribution in [1.82, 2.24) is 10.1 Å². The minimum Gasteiger partial charge on any atom is -0.490 e. The lowest BCUT2D eigenvalue weighted by Gasteiger charge is -2.04. The second-order valence-corrected chi connectivity index (χ2v) is 3.70. The molecule has 1 aromatic heterocycles. The van der Waals surface area contributed by atoms with Gasteiger partial charge in [0.2, 0.25) is 5.89 Å². The van der Waals surface area contributed by atoms with Crippen molar-refractivity contribution in [2.24, 2.45) is 0 Å². The minimum atomic E-state index is -1.04. The molecule has 2 rings (SSSR count). The summed E-state index contributed by atoms with van der Waals surface area (Å²) >= 11 is 0. The van der Waals surface area contributed by atoms with Crippen molar-refractivity contribution in [3.05, 3.63) is 41.8 Å². The number of hydrogen-bond acceptors (Lipinski definition) is 5. The van der Waals surface area contributed by atoms with Crippen LogP contribution in [0.1, 0.15) is 11.7 Å². The summed E-state index contributed by atoms with van der Waals surface area (Å²) in [5.41, 5.74) is 0. The van der Waals surface area contributed by atoms with E-state index in [1.165, 1.54) is 12.1 Å². The normalized spacial score (nSPS) is 10.4. The van der Waals surface area contributed by atoms with Crippen LogP contribution in [0.4, 0.5) is 4.39 Å². The molecule has 19 heavy (non-hydrogen) atoms. The SMILES string of the molecule is O=C(O)Cc1nc(CCOc2ccccc2F)no1. The highest BCUT2D eigenvalue weighted by atomic mass is 19.1. The lowest BCUT2D eigenvalue weighted by molar-refractivity contribution is -0.136. The van der Waals surface area contributed by atoms with Crippen LogP contribution in [0, 0.1) is 5.82 Å². The van der Waals surface area contributed by atoms with Gasteiger partial charge in [0.1, 0.15) is 6.42 Å². The first kappa shape index (κ1) is 13.0. The van der Waals surface area contributed by atoms with Crippen molar-refractivity contribution < 1.29 is 23.6 Å². The molecule has 0 aliphatic carbocycles. The molecule has 0 bridgehead atoms. The van der Waals surface area contributed by atoms with Gasteiger partial charge in [-0.3, -0.25) is 4.79 Å². The van der Waals surface area contributed by atoms with Gasteiger partial charge in [0.05, 0.1) is 6.61 Å². The van der Waals surface area contributed by atoms with Crippen molar-refractivity contribution in [2.45, 2.75) is 12.8 Å². The smallest absolute Gasteiger partial charge is 0.312 e. The van der Waals surface area contributed by atoms with Gasteiger partial charge in [-0.1, -0.05) is 17.3 Å². The van der Waals surface area contributed by atoms with E-state index in [4.69, 9.17) is 14.4 Å². The van der Waals surface area contributed by atoms with Crippen molar-refractivity contribution >= 4 is 5.97 Å². The molecule has 1 N–H and O–H groups in total. The van der Waals surface area contributed by atoms with Crippen LogP contribution in [0.15, 0.2) is 28.8 Å². The molecular formula is C12H11FN2O4. The van der Waals surface area contributed by atoms with Crippen LogP contribution in [0.25, 0.3) is 0 Å². The monoisotopic (exact) mass is 266 g/mol. The first-order valence-corrected chi connectivity index (χ1v) is 5.56. The summed E-state index contributed by atoms with van der Waals surface area (Å²) in [7, 11) is 0. The zero-order chi connectivity index (χ0) is 13.7. The van der Waals surface area contributed by atoms with E-state index >= 15 is 0 Å². The highest BCUT2D eigenvalue weighted by Crippen LogP contribution is 2.15. The summed E-state index contributed by atoms with van der Waals surface area (Å²) in [6.45, 7) is 0.174. The summed E-state index contributed by atoms with van der Waals surface area (Å²) in [5, 5.41) is 12.1. The van der Waals surface area contributed by atoms with E-state index in [-0.39, 0.29) is 24.7 Å². The Kier molecular flexibility index (Phi) is 4.07. The number of para-hydroxylation sites is 1. The number of benzene rings is 1. The number of aliphatic carboxylic acids is 1. The molecule has 6 nitrogen and oxygen atoms in total. The molecule has 0 spiro atoms. The fourth-order valence-corrected chi connectivity index (χ4v) is 1.41. The molecule has 0 saturated heterocycles. The number of carboxylic acids is 1. The van der Waals surface area contributed by atoms with Gasteiger partial charge in [0, 0.05) is 6.42 Å². The fraction of sp³-hybridized carbons (Fsp3) is 0.250. The van der Waals surface area contributed by atoms with Gasteiger partial charge >= 0.3 is 5.97 Å². The van der Waals surface area contributed by atoms with Crippen LogP contribution in [0.2, 0.25) is 0 Å². The van der Waals surface area contributed by atoms with Gasteiger partial charge in [0.15, 0.2) is 17.4 Å². The van der Waals surface area contributed by atoms with Gasteiger partial charge < -0.3 is 14.4 Å². The molecule has 1 aromatic carbocycles. The number of nitrogens with zero attached hydrogens (tertiary/aromatic N) is 2. The Balaban J connectivity index is 1.84. The minimum absolute atomic E-state index is 0.0355. The van der Waals surface area contributed by atoms with Crippen LogP contribution < -0.4 is 4.74 Å². The van der Waals surface area contributed by atoms with E-state index < -0.39 is 11.8 Å². The van der Waals surface area contributed by atoms with Crippen LogP contribution in [0.3, 0.4) is 0 Å². The van der Waals surface area contributed by atoms with Gasteiger partial charge in [-0.15, -0.1) is 0 Å². The predicted molar refractivity (Wildman–Crippen MR) is 61.2 cm³/mol. The number of hydrogen-bond donors (Lipinski definition) is 1. The Bertz CT molecular complexity index is 570. The maximum absolute atomic E-state index is 13.2. The molecule has 0 fully saturated rings. The first-order valence-electron chi connectivity index (χ1n) is 5.56. The van der Waals surface area contributed by atoms with Crippen LogP contribution in [0.5, 0.6) is 5.75 Å². The summed E-state index contributed by atoms with van der Waals surface area (Å²) in [6.07, 6.45) is -0.0153. The molecular weight excluding hydrogens is 255 g/mol. The first-order chi connectivity index (χ1) is 9.15. The maximum Gasteiger partial charge on any atom is 0.312 e. The summed E-state index contributed by atoms with van der Waals surface area (Å²) in [6, 6.07) is 6.05. The van der Waals surface area contributed by atoms with Gasteiger partial charge in [-0.25, -0.2) is 4.39 Å². The zero-order valence-electron chi connectivity index (χ0n) is 9.88. The van der Waals surface area contributed by atoms with Gasteiger partial charge in [0.25, 0.3) is 0 Å². The number of carboxylic acid groups (broad SMARTS) is 1. The number of ether oxygens (including phenoxy) is 1. The lowest BCUT2D eigenvalue weighted by Crippen LogP contribution is -2.04. The molecule has 0 amide bonds. The molecule has 0 atom stereocenters. The number of rotatable bonds is 6. The highest BCUT2D eigenvalue weighted by Gasteiger charge is 2.10. The number of carbonyl (C=O) groups is 1. The summed E-state index contributed by atoms with van der Waals surface area (Å²) in [5.74, 6) is -0.974. The van der Waals surface area contributed by atoms with Crippen molar-refractivity contribution in [3.8, 4) is 5.75 Å². The van der Waals surface area contributed by atoms with Crippen LogP contribution in [-0.2, 0) is 17.6 Å². The Morgan fingerprint density at radius 1 is 1.42 bits per heavy atom. The van der Waals surface area contributed by atoms with Crippen LogP contribution in [-0.4, -0.2) is 27.8 Å². The van der Waals surface area contributed by atoms with Crippen molar-refractivity contribution in [1.29, 1.82) is 0 Å². The Labute approximate surface area is 107 Å². The van der Waals surface area contributed by atoms with E-state index in [9.17, 15) is 9.18 Å². The Hall–Kier alpha value is -2.44. The van der Waals surface area contributed by atoms with Crippen molar-refractivity contribution in [3.63, 3.8) is 0 Å². The van der Waals surface area contributed by atoms with E-state index in [0.717, 1.165) is 0 Å². The highest BCUT2D eigenvalue weighted by molar-refractivity contribution is 5.68. The third-order valence-electron chi connectivity index (χ3n) is 2.23. The van der Waals surface area contributed by atoms with Crippen LogP contribution >= 0.6 is 0 Å². The predicted octanol–water partition coefficient (Wildman–Crippen LogP) is 1.46. The topological polar surface area (TPSA) is 85.5 Å². The second-order valence-electron chi connectivity index (χ2n) is 3.70. The number of halogens is 1. The van der Waals surface area contributed by atoms with Gasteiger partial charge in [-0.2, -0.15) is 4.98 Å².